The fraction of sp³-hybridized carbons (Fsp3) is 0.727. The molecule has 2 aliphatic carbocycles. The standard InChI is InChI=1S/C11H17/c1-9-6-7-10-4-2-3-5-11(10)8-9/h9H,1-8H2. The average molecular weight is 149 g/mol. The van der Waals surface area contributed by atoms with Crippen LogP contribution in [-0.4, -0.2) is 0 Å². The molecule has 1 radical (unpaired) electrons. The highest BCUT2D eigenvalue weighted by atomic mass is 14.2. The Morgan fingerprint density at radius 3 is 2.55 bits per heavy atom. The van der Waals surface area contributed by atoms with Crippen molar-refractivity contribution in [2.24, 2.45) is 5.92 Å². The second-order valence-corrected chi connectivity index (χ2v) is 4.02. The summed E-state index contributed by atoms with van der Waals surface area (Å²) in [5, 5.41) is 0. The third-order valence-corrected chi connectivity index (χ3v) is 3.10. The Kier molecular flexibility index (Phi) is 2.02. The van der Waals surface area contributed by atoms with Crippen molar-refractivity contribution in [2.45, 2.75) is 44.9 Å². The van der Waals surface area contributed by atoms with Gasteiger partial charge in [-0.3, -0.25) is 0 Å². The van der Waals surface area contributed by atoms with E-state index in [-0.39, 0.29) is 0 Å². The molecular weight excluding hydrogens is 132 g/mol. The Hall–Kier alpha value is -0.260. The maximum Gasteiger partial charge on any atom is -0.0289 e. The van der Waals surface area contributed by atoms with Gasteiger partial charge in [0.2, 0.25) is 0 Å². The second-order valence-electron chi connectivity index (χ2n) is 4.02. The van der Waals surface area contributed by atoms with Gasteiger partial charge >= 0.3 is 0 Å². The molecule has 2 rings (SSSR count). The molecule has 0 amide bonds. The van der Waals surface area contributed by atoms with Crippen molar-refractivity contribution in [3.8, 4) is 0 Å². The van der Waals surface area contributed by atoms with Crippen molar-refractivity contribution in [3.63, 3.8) is 0 Å². The summed E-state index contributed by atoms with van der Waals surface area (Å²) in [6.07, 6.45) is 9.70. The maximum absolute atomic E-state index is 4.15. The van der Waals surface area contributed by atoms with Crippen LogP contribution in [0.2, 0.25) is 0 Å². The first-order chi connectivity index (χ1) is 5.36. The number of hydrogen-bond donors (Lipinski definition) is 0. The van der Waals surface area contributed by atoms with Gasteiger partial charge in [0.25, 0.3) is 0 Å². The number of hydrogen-bond acceptors (Lipinski definition) is 0. The zero-order valence-corrected chi connectivity index (χ0v) is 7.23. The monoisotopic (exact) mass is 149 g/mol. The molecule has 61 valence electrons. The largest absolute Gasteiger partial charge is 0.0710 e. The minimum Gasteiger partial charge on any atom is -0.0710 e. The van der Waals surface area contributed by atoms with E-state index in [0.29, 0.717) is 0 Å². The van der Waals surface area contributed by atoms with Crippen LogP contribution in [0.25, 0.3) is 0 Å². The molecule has 0 heteroatoms. The van der Waals surface area contributed by atoms with Gasteiger partial charge < -0.3 is 0 Å². The molecule has 0 aliphatic heterocycles. The number of rotatable bonds is 0. The number of allylic oxidation sites excluding steroid dienone is 2. The molecule has 0 nitrogen and oxygen atoms in total. The highest BCUT2D eigenvalue weighted by Crippen LogP contribution is 2.37. The summed E-state index contributed by atoms with van der Waals surface area (Å²) in [7, 11) is 0. The second kappa shape index (κ2) is 3.00. The van der Waals surface area contributed by atoms with Gasteiger partial charge in [0.1, 0.15) is 0 Å². The molecule has 1 unspecified atom stereocenters. The lowest BCUT2D eigenvalue weighted by atomic mass is 9.78. The summed E-state index contributed by atoms with van der Waals surface area (Å²) in [4.78, 5) is 0. The van der Waals surface area contributed by atoms with Crippen molar-refractivity contribution in [2.75, 3.05) is 0 Å². The van der Waals surface area contributed by atoms with Crippen LogP contribution in [0.5, 0.6) is 0 Å². The topological polar surface area (TPSA) is 0 Å². The zero-order valence-electron chi connectivity index (χ0n) is 7.23. The van der Waals surface area contributed by atoms with E-state index in [1.165, 1.54) is 44.9 Å². The highest BCUT2D eigenvalue weighted by Gasteiger charge is 2.19. The molecule has 2 aliphatic rings. The summed E-state index contributed by atoms with van der Waals surface area (Å²) in [6.45, 7) is 4.15. The summed E-state index contributed by atoms with van der Waals surface area (Å²) in [5.41, 5.74) is 3.58. The van der Waals surface area contributed by atoms with Crippen LogP contribution >= 0.6 is 0 Å². The molecular formula is C11H17. The first-order valence-electron chi connectivity index (χ1n) is 4.89. The van der Waals surface area contributed by atoms with E-state index >= 15 is 0 Å². The smallest absolute Gasteiger partial charge is 0.0289 e. The van der Waals surface area contributed by atoms with E-state index in [9.17, 15) is 0 Å². The maximum atomic E-state index is 4.15. The van der Waals surface area contributed by atoms with Crippen LogP contribution in [0.1, 0.15) is 44.9 Å². The predicted octanol–water partition coefficient (Wildman–Crippen LogP) is 3.49. The Morgan fingerprint density at radius 2 is 1.73 bits per heavy atom. The van der Waals surface area contributed by atoms with Crippen LogP contribution in [0, 0.1) is 12.8 Å². The fourth-order valence-electron chi connectivity index (χ4n) is 2.41. The predicted molar refractivity (Wildman–Crippen MR) is 48.2 cm³/mol. The van der Waals surface area contributed by atoms with E-state index in [1.54, 1.807) is 11.1 Å². The minimum absolute atomic E-state index is 0.729. The van der Waals surface area contributed by atoms with E-state index in [4.69, 9.17) is 0 Å². The van der Waals surface area contributed by atoms with Crippen molar-refractivity contribution >= 4 is 0 Å². The normalized spacial score (nSPS) is 31.9. The first-order valence-corrected chi connectivity index (χ1v) is 4.89. The zero-order chi connectivity index (χ0) is 7.68. The van der Waals surface area contributed by atoms with Crippen LogP contribution < -0.4 is 0 Å². The third-order valence-electron chi connectivity index (χ3n) is 3.10. The highest BCUT2D eigenvalue weighted by molar-refractivity contribution is 5.20. The van der Waals surface area contributed by atoms with Crippen molar-refractivity contribution in [3.05, 3.63) is 18.1 Å². The van der Waals surface area contributed by atoms with Gasteiger partial charge in [-0.05, 0) is 57.8 Å². The lowest BCUT2D eigenvalue weighted by Gasteiger charge is -2.28. The van der Waals surface area contributed by atoms with E-state index in [1.807, 2.05) is 0 Å². The third kappa shape index (κ3) is 1.50. The van der Waals surface area contributed by atoms with Gasteiger partial charge in [0, 0.05) is 0 Å². The lowest BCUT2D eigenvalue weighted by Crippen LogP contribution is -2.11. The Labute approximate surface area is 69.7 Å². The average Bonchev–Trinajstić information content (AvgIpc) is 2.04. The van der Waals surface area contributed by atoms with Gasteiger partial charge in [-0.15, -0.1) is 0 Å². The van der Waals surface area contributed by atoms with Crippen molar-refractivity contribution in [1.82, 2.24) is 0 Å². The molecule has 0 saturated carbocycles. The molecule has 0 fully saturated rings. The van der Waals surface area contributed by atoms with Gasteiger partial charge in [-0.2, -0.15) is 0 Å². The van der Waals surface area contributed by atoms with Crippen LogP contribution in [0.4, 0.5) is 0 Å². The Bertz CT molecular complexity index is 176. The lowest BCUT2D eigenvalue weighted by molar-refractivity contribution is 0.486. The van der Waals surface area contributed by atoms with Crippen LogP contribution in [0.3, 0.4) is 0 Å². The molecule has 0 aromatic rings. The SMILES string of the molecule is [CH2]C1CCC2=C(CCCC2)C1. The minimum atomic E-state index is 0.729. The Morgan fingerprint density at radius 1 is 1.00 bits per heavy atom. The molecule has 0 heterocycles. The molecule has 0 aromatic carbocycles. The summed E-state index contributed by atoms with van der Waals surface area (Å²) >= 11 is 0. The molecule has 0 bridgehead atoms. The molecule has 1 atom stereocenters. The Balaban J connectivity index is 2.12. The molecule has 0 aromatic heterocycles. The summed E-state index contributed by atoms with van der Waals surface area (Å²) in [6, 6.07) is 0. The fourth-order valence-corrected chi connectivity index (χ4v) is 2.41. The summed E-state index contributed by atoms with van der Waals surface area (Å²) < 4.78 is 0. The van der Waals surface area contributed by atoms with E-state index in [0.717, 1.165) is 5.92 Å². The van der Waals surface area contributed by atoms with Crippen LogP contribution in [-0.2, 0) is 0 Å². The van der Waals surface area contributed by atoms with Gasteiger partial charge in [0.05, 0.1) is 0 Å². The molecule has 0 N–H and O–H groups in total. The quantitative estimate of drug-likeness (QED) is 0.462. The van der Waals surface area contributed by atoms with Gasteiger partial charge in [-0.25, -0.2) is 0 Å². The van der Waals surface area contributed by atoms with E-state index < -0.39 is 0 Å². The molecule has 0 spiro atoms. The van der Waals surface area contributed by atoms with Gasteiger partial charge in [-0.1, -0.05) is 11.1 Å². The van der Waals surface area contributed by atoms with Crippen molar-refractivity contribution in [1.29, 1.82) is 0 Å². The molecule has 11 heavy (non-hydrogen) atoms. The summed E-state index contributed by atoms with van der Waals surface area (Å²) in [5.74, 6) is 0.729. The first kappa shape index (κ1) is 7.39. The van der Waals surface area contributed by atoms with E-state index in [2.05, 4.69) is 6.92 Å². The van der Waals surface area contributed by atoms with Crippen LogP contribution in [0.15, 0.2) is 11.1 Å². The molecule has 0 saturated heterocycles. The van der Waals surface area contributed by atoms with Gasteiger partial charge in [0.15, 0.2) is 0 Å². The van der Waals surface area contributed by atoms with Crippen molar-refractivity contribution < 1.29 is 0 Å².